The van der Waals surface area contributed by atoms with E-state index < -0.39 is 0 Å². The summed E-state index contributed by atoms with van der Waals surface area (Å²) in [6.07, 6.45) is 1.18. The molecule has 1 aromatic rings. The first-order valence-electron chi connectivity index (χ1n) is 4.86. The minimum Gasteiger partial charge on any atom is -0.393 e. The van der Waals surface area contributed by atoms with Gasteiger partial charge < -0.3 is 9.67 Å². The van der Waals surface area contributed by atoms with Crippen LogP contribution in [0.15, 0.2) is 0 Å². The molecule has 0 radical (unpaired) electrons. The normalized spacial score (nSPS) is 13.5. The van der Waals surface area contributed by atoms with Gasteiger partial charge in [0, 0.05) is 12.5 Å². The average Bonchev–Trinajstić information content (AvgIpc) is 2.43. The van der Waals surface area contributed by atoms with Crippen molar-refractivity contribution in [2.24, 2.45) is 0 Å². The largest absolute Gasteiger partial charge is 0.393 e. The van der Waals surface area contributed by atoms with Gasteiger partial charge in [0.1, 0.15) is 5.82 Å². The second kappa shape index (κ2) is 4.70. The van der Waals surface area contributed by atoms with E-state index in [1.165, 1.54) is 0 Å². The summed E-state index contributed by atoms with van der Waals surface area (Å²) in [6, 6.07) is 0.310. The van der Waals surface area contributed by atoms with Crippen molar-refractivity contribution in [2.45, 2.75) is 45.8 Å². The maximum atomic E-state index is 9.18. The first-order chi connectivity index (χ1) is 6.52. The van der Waals surface area contributed by atoms with E-state index in [9.17, 15) is 5.11 Å². The van der Waals surface area contributed by atoms with E-state index in [1.54, 1.807) is 6.92 Å². The highest BCUT2D eigenvalue weighted by molar-refractivity contribution is 7.71. The molecule has 4 nitrogen and oxygen atoms in total. The van der Waals surface area contributed by atoms with E-state index >= 15 is 0 Å². The molecule has 80 valence electrons. The highest BCUT2D eigenvalue weighted by atomic mass is 32.1. The molecule has 0 aliphatic heterocycles. The van der Waals surface area contributed by atoms with Crippen LogP contribution < -0.4 is 0 Å². The summed E-state index contributed by atoms with van der Waals surface area (Å²) in [5.41, 5.74) is 0. The summed E-state index contributed by atoms with van der Waals surface area (Å²) >= 11 is 5.11. The summed E-state index contributed by atoms with van der Waals surface area (Å²) in [6.45, 7) is 5.91. The smallest absolute Gasteiger partial charge is 0.195 e. The van der Waals surface area contributed by atoms with Crippen molar-refractivity contribution < 1.29 is 5.11 Å². The number of aromatic amines is 1. The molecule has 0 aliphatic rings. The molecular formula is C9H17N3OS. The van der Waals surface area contributed by atoms with Crippen molar-refractivity contribution in [1.82, 2.24) is 14.8 Å². The standard InChI is InChI=1S/C9H17N3OS/c1-6(2)12-8(5-4-7(3)13)10-11-9(12)14/h6-7,13H,4-5H2,1-3H3,(H,11,14). The van der Waals surface area contributed by atoms with Crippen LogP contribution in [-0.4, -0.2) is 26.0 Å². The Morgan fingerprint density at radius 3 is 2.64 bits per heavy atom. The van der Waals surface area contributed by atoms with Crippen LogP contribution in [0.5, 0.6) is 0 Å². The summed E-state index contributed by atoms with van der Waals surface area (Å²) in [4.78, 5) is 0. The summed E-state index contributed by atoms with van der Waals surface area (Å²) in [7, 11) is 0. The number of rotatable bonds is 4. The van der Waals surface area contributed by atoms with Crippen LogP contribution in [0.2, 0.25) is 0 Å². The van der Waals surface area contributed by atoms with Crippen molar-refractivity contribution in [3.63, 3.8) is 0 Å². The number of aromatic nitrogens is 3. The molecular weight excluding hydrogens is 198 g/mol. The molecule has 1 rings (SSSR count). The number of hydrogen-bond acceptors (Lipinski definition) is 3. The molecule has 0 saturated carbocycles. The van der Waals surface area contributed by atoms with Crippen LogP contribution in [0, 0.1) is 4.77 Å². The molecule has 0 fully saturated rings. The molecule has 1 heterocycles. The van der Waals surface area contributed by atoms with Crippen molar-refractivity contribution in [2.75, 3.05) is 0 Å². The first-order valence-corrected chi connectivity index (χ1v) is 5.27. The Kier molecular flexibility index (Phi) is 3.83. The molecule has 1 unspecified atom stereocenters. The minimum atomic E-state index is -0.291. The maximum Gasteiger partial charge on any atom is 0.195 e. The Morgan fingerprint density at radius 1 is 1.50 bits per heavy atom. The quantitative estimate of drug-likeness (QED) is 0.753. The monoisotopic (exact) mass is 215 g/mol. The van der Waals surface area contributed by atoms with Gasteiger partial charge in [0.05, 0.1) is 6.10 Å². The third-order valence-corrected chi connectivity index (χ3v) is 2.37. The Bertz CT molecular complexity index is 340. The Balaban J connectivity index is 2.81. The first kappa shape index (κ1) is 11.4. The van der Waals surface area contributed by atoms with Crippen LogP contribution in [0.3, 0.4) is 0 Å². The van der Waals surface area contributed by atoms with E-state index in [-0.39, 0.29) is 6.10 Å². The molecule has 1 aromatic heterocycles. The second-order valence-electron chi connectivity index (χ2n) is 3.80. The number of aliphatic hydroxyl groups excluding tert-OH is 1. The SMILES string of the molecule is CC(O)CCc1n[nH]c(=S)n1C(C)C. The number of nitrogens with one attached hydrogen (secondary N) is 1. The van der Waals surface area contributed by atoms with Gasteiger partial charge in [-0.15, -0.1) is 0 Å². The van der Waals surface area contributed by atoms with Gasteiger partial charge in [0.2, 0.25) is 0 Å². The Labute approximate surface area is 89.0 Å². The van der Waals surface area contributed by atoms with Gasteiger partial charge in [0.25, 0.3) is 0 Å². The lowest BCUT2D eigenvalue weighted by molar-refractivity contribution is 0.183. The van der Waals surface area contributed by atoms with Gasteiger partial charge in [-0.25, -0.2) is 0 Å². The van der Waals surface area contributed by atoms with Gasteiger partial charge in [-0.2, -0.15) is 5.10 Å². The molecule has 14 heavy (non-hydrogen) atoms. The molecule has 5 heteroatoms. The predicted octanol–water partition coefficient (Wildman–Crippen LogP) is 1.83. The van der Waals surface area contributed by atoms with Gasteiger partial charge in [-0.1, -0.05) is 0 Å². The average molecular weight is 215 g/mol. The van der Waals surface area contributed by atoms with Crippen LogP contribution in [0.25, 0.3) is 0 Å². The molecule has 0 bridgehead atoms. The fraction of sp³-hybridized carbons (Fsp3) is 0.778. The molecule has 0 aliphatic carbocycles. The van der Waals surface area contributed by atoms with Crippen LogP contribution in [-0.2, 0) is 6.42 Å². The lowest BCUT2D eigenvalue weighted by Gasteiger charge is -2.10. The molecule has 0 amide bonds. The second-order valence-corrected chi connectivity index (χ2v) is 4.18. The van der Waals surface area contributed by atoms with E-state index in [1.807, 2.05) is 4.57 Å². The molecule has 0 spiro atoms. The van der Waals surface area contributed by atoms with Crippen molar-refractivity contribution >= 4 is 12.2 Å². The van der Waals surface area contributed by atoms with Crippen molar-refractivity contribution in [1.29, 1.82) is 0 Å². The third kappa shape index (κ3) is 2.65. The van der Waals surface area contributed by atoms with Crippen LogP contribution >= 0.6 is 12.2 Å². The Hall–Kier alpha value is -0.680. The zero-order valence-corrected chi connectivity index (χ0v) is 9.64. The number of aryl methyl sites for hydroxylation is 1. The molecule has 0 aromatic carbocycles. The van der Waals surface area contributed by atoms with Gasteiger partial charge >= 0.3 is 0 Å². The predicted molar refractivity (Wildman–Crippen MR) is 57.8 cm³/mol. The van der Waals surface area contributed by atoms with Gasteiger partial charge in [-0.05, 0) is 39.4 Å². The molecule has 0 saturated heterocycles. The van der Waals surface area contributed by atoms with Gasteiger partial charge in [-0.3, -0.25) is 5.10 Å². The van der Waals surface area contributed by atoms with Crippen molar-refractivity contribution in [3.05, 3.63) is 10.6 Å². The molecule has 1 atom stereocenters. The molecule has 2 N–H and O–H groups in total. The van der Waals surface area contributed by atoms with Gasteiger partial charge in [0.15, 0.2) is 4.77 Å². The number of H-pyrrole nitrogens is 1. The highest BCUT2D eigenvalue weighted by Gasteiger charge is 2.09. The topological polar surface area (TPSA) is 53.8 Å². The number of aliphatic hydroxyl groups is 1. The minimum absolute atomic E-state index is 0.291. The maximum absolute atomic E-state index is 9.18. The zero-order valence-electron chi connectivity index (χ0n) is 8.82. The van der Waals surface area contributed by atoms with Crippen LogP contribution in [0.1, 0.15) is 39.1 Å². The summed E-state index contributed by atoms with van der Waals surface area (Å²) < 4.78 is 2.64. The lowest BCUT2D eigenvalue weighted by atomic mass is 10.2. The zero-order chi connectivity index (χ0) is 10.7. The van der Waals surface area contributed by atoms with E-state index in [0.717, 1.165) is 12.2 Å². The fourth-order valence-corrected chi connectivity index (χ4v) is 1.75. The van der Waals surface area contributed by atoms with E-state index in [0.29, 0.717) is 17.2 Å². The van der Waals surface area contributed by atoms with E-state index in [4.69, 9.17) is 12.2 Å². The fourth-order valence-electron chi connectivity index (χ4n) is 1.38. The van der Waals surface area contributed by atoms with E-state index in [2.05, 4.69) is 24.0 Å². The number of nitrogens with zero attached hydrogens (tertiary/aromatic N) is 2. The lowest BCUT2D eigenvalue weighted by Crippen LogP contribution is -2.09. The third-order valence-electron chi connectivity index (χ3n) is 2.08. The number of hydrogen-bond donors (Lipinski definition) is 2. The highest BCUT2D eigenvalue weighted by Crippen LogP contribution is 2.10. The van der Waals surface area contributed by atoms with Crippen molar-refractivity contribution in [3.8, 4) is 0 Å². The summed E-state index contributed by atoms with van der Waals surface area (Å²) in [5, 5.41) is 16.1. The van der Waals surface area contributed by atoms with Crippen LogP contribution in [0.4, 0.5) is 0 Å². The summed E-state index contributed by atoms with van der Waals surface area (Å²) in [5.74, 6) is 0.922. The Morgan fingerprint density at radius 2 is 2.14 bits per heavy atom.